The van der Waals surface area contributed by atoms with E-state index in [-0.39, 0.29) is 0 Å². The number of aryl methyl sites for hydroxylation is 2. The average Bonchev–Trinajstić information content (AvgIpc) is 2.31. The second kappa shape index (κ2) is 7.72. The lowest BCUT2D eigenvalue weighted by atomic mass is 10.1. The molecular formula is C14H24NS+. The number of unbranched alkanes of at least 4 members (excludes halogenated alkanes) is 2. The number of thiol groups is 1. The zero-order valence-corrected chi connectivity index (χ0v) is 11.4. The van der Waals surface area contributed by atoms with Crippen molar-refractivity contribution in [3.05, 3.63) is 30.1 Å². The molecule has 0 aromatic carbocycles. The van der Waals surface area contributed by atoms with Gasteiger partial charge in [-0.3, -0.25) is 0 Å². The van der Waals surface area contributed by atoms with Crippen LogP contribution in [0.2, 0.25) is 0 Å². The maximum absolute atomic E-state index is 4.51. The van der Waals surface area contributed by atoms with Crippen LogP contribution in [0.5, 0.6) is 0 Å². The largest absolute Gasteiger partial charge is 0.205 e. The van der Waals surface area contributed by atoms with Crippen molar-refractivity contribution in [3.8, 4) is 0 Å². The van der Waals surface area contributed by atoms with Crippen LogP contribution in [0.3, 0.4) is 0 Å². The molecule has 0 aliphatic carbocycles. The van der Waals surface area contributed by atoms with Crippen molar-refractivity contribution in [1.29, 1.82) is 0 Å². The first-order chi connectivity index (χ1) is 7.72. The van der Waals surface area contributed by atoms with Gasteiger partial charge in [-0.1, -0.05) is 13.3 Å². The fourth-order valence-corrected chi connectivity index (χ4v) is 1.92. The summed E-state index contributed by atoms with van der Waals surface area (Å²) in [7, 11) is 0. The molecule has 0 aliphatic heterocycles. The second-order valence-electron chi connectivity index (χ2n) is 4.52. The van der Waals surface area contributed by atoms with E-state index in [1.54, 1.807) is 0 Å². The number of nitrogens with zero attached hydrogens (tertiary/aromatic N) is 1. The van der Waals surface area contributed by atoms with Crippen LogP contribution in [0.1, 0.15) is 44.6 Å². The summed E-state index contributed by atoms with van der Waals surface area (Å²) in [5.41, 5.74) is 1.33. The maximum atomic E-state index is 4.51. The fraction of sp³-hybridized carbons (Fsp3) is 0.643. The van der Waals surface area contributed by atoms with Gasteiger partial charge in [0.25, 0.3) is 0 Å². The van der Waals surface area contributed by atoms with E-state index in [4.69, 9.17) is 0 Å². The van der Waals surface area contributed by atoms with Crippen LogP contribution < -0.4 is 4.57 Å². The minimum atomic E-state index is 0.604. The van der Waals surface area contributed by atoms with Gasteiger partial charge < -0.3 is 0 Å². The third-order valence-corrected chi connectivity index (χ3v) is 3.61. The van der Waals surface area contributed by atoms with Crippen molar-refractivity contribution in [2.24, 2.45) is 0 Å². The maximum Gasteiger partial charge on any atom is 0.169 e. The van der Waals surface area contributed by atoms with Gasteiger partial charge in [-0.15, -0.1) is 0 Å². The van der Waals surface area contributed by atoms with Gasteiger partial charge in [-0.05, 0) is 31.7 Å². The summed E-state index contributed by atoms with van der Waals surface area (Å²) in [6.45, 7) is 5.48. The van der Waals surface area contributed by atoms with E-state index in [0.29, 0.717) is 5.25 Å². The molecule has 2 heteroatoms. The molecule has 0 saturated heterocycles. The molecule has 0 aliphatic rings. The molecule has 0 amide bonds. The van der Waals surface area contributed by atoms with Crippen molar-refractivity contribution in [3.63, 3.8) is 0 Å². The SMILES string of the molecule is CCC(S)CCCCC[n+]1ccc(C)cc1. The third-order valence-electron chi connectivity index (χ3n) is 2.98. The van der Waals surface area contributed by atoms with Crippen LogP contribution in [-0.4, -0.2) is 5.25 Å². The Morgan fingerprint density at radius 2 is 1.88 bits per heavy atom. The van der Waals surface area contributed by atoms with Gasteiger partial charge in [0.05, 0.1) is 0 Å². The second-order valence-corrected chi connectivity index (χ2v) is 5.26. The molecule has 0 bridgehead atoms. The number of pyridine rings is 1. The Kier molecular flexibility index (Phi) is 6.55. The highest BCUT2D eigenvalue weighted by Crippen LogP contribution is 2.11. The minimum Gasteiger partial charge on any atom is -0.205 e. The Hall–Kier alpha value is -0.500. The van der Waals surface area contributed by atoms with Crippen LogP contribution in [0.25, 0.3) is 0 Å². The minimum absolute atomic E-state index is 0.604. The molecule has 1 nitrogen and oxygen atoms in total. The first-order valence-electron chi connectivity index (χ1n) is 6.36. The number of rotatable bonds is 7. The molecule has 0 saturated carbocycles. The lowest BCUT2D eigenvalue weighted by Crippen LogP contribution is -2.32. The molecular weight excluding hydrogens is 214 g/mol. The predicted octanol–water partition coefficient (Wildman–Crippen LogP) is 3.55. The van der Waals surface area contributed by atoms with Gasteiger partial charge in [0.2, 0.25) is 0 Å². The molecule has 16 heavy (non-hydrogen) atoms. The molecule has 0 N–H and O–H groups in total. The molecule has 1 unspecified atom stereocenters. The van der Waals surface area contributed by atoms with Crippen LogP contribution in [0.15, 0.2) is 24.5 Å². The molecule has 1 aromatic heterocycles. The standard InChI is InChI=1S/C14H23NS/c1-3-14(16)7-5-4-6-10-15-11-8-13(2)9-12-15/h8-9,11-12,14H,3-7,10H2,1-2H3/p+1. The molecule has 0 spiro atoms. The number of aromatic nitrogens is 1. The fourth-order valence-electron chi connectivity index (χ4n) is 1.74. The lowest BCUT2D eigenvalue weighted by molar-refractivity contribution is -0.697. The van der Waals surface area contributed by atoms with Gasteiger partial charge in [-0.2, -0.15) is 12.6 Å². The van der Waals surface area contributed by atoms with Crippen molar-refractivity contribution in [2.45, 2.75) is 57.7 Å². The molecule has 1 aromatic rings. The van der Waals surface area contributed by atoms with Crippen molar-refractivity contribution in [1.82, 2.24) is 0 Å². The van der Waals surface area contributed by atoms with Crippen molar-refractivity contribution < 1.29 is 4.57 Å². The van der Waals surface area contributed by atoms with Crippen LogP contribution in [0, 0.1) is 6.92 Å². The molecule has 0 fully saturated rings. The average molecular weight is 238 g/mol. The van der Waals surface area contributed by atoms with Gasteiger partial charge in [0.1, 0.15) is 6.54 Å². The summed E-state index contributed by atoms with van der Waals surface area (Å²) in [6.07, 6.45) is 10.7. The van der Waals surface area contributed by atoms with Crippen LogP contribution in [0.4, 0.5) is 0 Å². The monoisotopic (exact) mass is 238 g/mol. The van der Waals surface area contributed by atoms with Crippen LogP contribution >= 0.6 is 12.6 Å². The Balaban J connectivity index is 2.09. The quantitative estimate of drug-likeness (QED) is 0.421. The molecule has 1 rings (SSSR count). The van der Waals surface area contributed by atoms with E-state index in [1.165, 1.54) is 37.7 Å². The lowest BCUT2D eigenvalue weighted by Gasteiger charge is -2.05. The highest BCUT2D eigenvalue weighted by atomic mass is 32.1. The van der Waals surface area contributed by atoms with Gasteiger partial charge in [0.15, 0.2) is 12.4 Å². The number of hydrogen-bond acceptors (Lipinski definition) is 1. The zero-order chi connectivity index (χ0) is 11.8. The van der Waals surface area contributed by atoms with E-state index >= 15 is 0 Å². The topological polar surface area (TPSA) is 3.88 Å². The van der Waals surface area contributed by atoms with Gasteiger partial charge in [0, 0.05) is 23.8 Å². The summed E-state index contributed by atoms with van der Waals surface area (Å²) < 4.78 is 2.27. The highest BCUT2D eigenvalue weighted by molar-refractivity contribution is 7.80. The van der Waals surface area contributed by atoms with E-state index in [9.17, 15) is 0 Å². The third kappa shape index (κ3) is 5.55. The summed E-state index contributed by atoms with van der Waals surface area (Å²) in [5.74, 6) is 0. The van der Waals surface area contributed by atoms with E-state index in [0.717, 1.165) is 6.54 Å². The Bertz CT molecular complexity index is 281. The summed E-state index contributed by atoms with van der Waals surface area (Å²) >= 11 is 4.51. The summed E-state index contributed by atoms with van der Waals surface area (Å²) in [4.78, 5) is 0. The first kappa shape index (κ1) is 13.6. The number of hydrogen-bond donors (Lipinski definition) is 1. The molecule has 0 radical (unpaired) electrons. The van der Waals surface area contributed by atoms with Crippen molar-refractivity contribution in [2.75, 3.05) is 0 Å². The molecule has 1 heterocycles. The van der Waals surface area contributed by atoms with Gasteiger partial charge in [-0.25, -0.2) is 4.57 Å². The normalized spacial score (nSPS) is 12.7. The van der Waals surface area contributed by atoms with Crippen LogP contribution in [-0.2, 0) is 6.54 Å². The predicted molar refractivity (Wildman–Crippen MR) is 72.9 cm³/mol. The Labute approximate surface area is 105 Å². The summed E-state index contributed by atoms with van der Waals surface area (Å²) in [5, 5.41) is 0.604. The molecule has 1 atom stereocenters. The summed E-state index contributed by atoms with van der Waals surface area (Å²) in [6, 6.07) is 4.33. The zero-order valence-electron chi connectivity index (χ0n) is 10.5. The van der Waals surface area contributed by atoms with Gasteiger partial charge >= 0.3 is 0 Å². The van der Waals surface area contributed by atoms with Crippen molar-refractivity contribution >= 4 is 12.6 Å². The Morgan fingerprint density at radius 3 is 2.50 bits per heavy atom. The molecule has 90 valence electrons. The first-order valence-corrected chi connectivity index (χ1v) is 6.87. The van der Waals surface area contributed by atoms with E-state index < -0.39 is 0 Å². The van der Waals surface area contributed by atoms with E-state index in [2.05, 4.69) is 55.6 Å². The van der Waals surface area contributed by atoms with E-state index in [1.807, 2.05) is 0 Å². The highest BCUT2D eigenvalue weighted by Gasteiger charge is 2.01. The smallest absolute Gasteiger partial charge is 0.169 e. The Morgan fingerprint density at radius 1 is 1.19 bits per heavy atom.